The number of amides is 1. The van der Waals surface area contributed by atoms with Crippen molar-refractivity contribution in [1.82, 2.24) is 9.80 Å². The Kier molecular flexibility index (Phi) is 12.1. The minimum absolute atomic E-state index is 0.168. The van der Waals surface area contributed by atoms with E-state index in [1.165, 1.54) is 30.4 Å². The second-order valence-corrected chi connectivity index (χ2v) is 7.45. The lowest BCUT2D eigenvalue weighted by Gasteiger charge is -2.30. The van der Waals surface area contributed by atoms with Gasteiger partial charge >= 0.3 is 0 Å². The van der Waals surface area contributed by atoms with Crippen LogP contribution in [0, 0.1) is 0 Å². The van der Waals surface area contributed by atoms with Crippen LogP contribution >= 0.6 is 0 Å². The lowest BCUT2D eigenvalue weighted by Crippen LogP contribution is -2.39. The Morgan fingerprint density at radius 2 is 1.97 bits per heavy atom. The molecule has 0 saturated heterocycles. The molecule has 2 N–H and O–H groups in total. The molecule has 2 rings (SSSR count). The average molecular weight is 400 g/mol. The topological polar surface area (TPSA) is 49.6 Å². The van der Waals surface area contributed by atoms with Gasteiger partial charge in [0.05, 0.1) is 0 Å². The number of hydrogen-bond acceptors (Lipinski definition) is 3. The first-order valence-corrected chi connectivity index (χ1v) is 11.2. The number of carbonyl (C=O) groups excluding carboxylic acids is 1. The van der Waals surface area contributed by atoms with E-state index in [4.69, 9.17) is 5.73 Å². The van der Waals surface area contributed by atoms with Crippen LogP contribution in [0.5, 0.6) is 0 Å². The van der Waals surface area contributed by atoms with Crippen molar-refractivity contribution >= 4 is 5.91 Å². The highest BCUT2D eigenvalue weighted by molar-refractivity contribution is 5.94. The molecule has 4 heteroatoms. The molecule has 1 amide bonds. The predicted octanol–water partition coefficient (Wildman–Crippen LogP) is 5.31. The maximum absolute atomic E-state index is 12.9. The Bertz CT molecular complexity index is 655. The van der Waals surface area contributed by atoms with Gasteiger partial charge in [-0.3, -0.25) is 4.79 Å². The molecule has 1 aliphatic carbocycles. The van der Waals surface area contributed by atoms with Crippen molar-refractivity contribution in [2.45, 2.75) is 72.8 Å². The number of likely N-dealkylation sites (N-methyl/N-ethyl adjacent to an activating group) is 1. The first-order chi connectivity index (χ1) is 14.0. The monoisotopic (exact) mass is 399 g/mol. The molecule has 0 aromatic carbocycles. The third kappa shape index (κ3) is 8.06. The Labute approximate surface area is 178 Å². The number of nitrogens with two attached hydrogens (primary N) is 1. The van der Waals surface area contributed by atoms with Gasteiger partial charge in [0.15, 0.2) is 0 Å². The van der Waals surface area contributed by atoms with Crippen molar-refractivity contribution in [3.8, 4) is 0 Å². The zero-order valence-corrected chi connectivity index (χ0v) is 19.2. The molecular formula is C25H41N3O. The maximum Gasteiger partial charge on any atom is 0.251 e. The summed E-state index contributed by atoms with van der Waals surface area (Å²) >= 11 is 0. The van der Waals surface area contributed by atoms with Gasteiger partial charge in [-0.05, 0) is 83.7 Å². The van der Waals surface area contributed by atoms with E-state index >= 15 is 0 Å². The lowest BCUT2D eigenvalue weighted by molar-refractivity contribution is -0.129. The van der Waals surface area contributed by atoms with Crippen LogP contribution in [0.25, 0.3) is 0 Å². The molecule has 1 atom stereocenters. The summed E-state index contributed by atoms with van der Waals surface area (Å²) < 4.78 is 0. The van der Waals surface area contributed by atoms with Crippen molar-refractivity contribution in [2.24, 2.45) is 5.73 Å². The van der Waals surface area contributed by atoms with Gasteiger partial charge in [-0.15, -0.1) is 0 Å². The highest BCUT2D eigenvalue weighted by Crippen LogP contribution is 2.30. The van der Waals surface area contributed by atoms with Gasteiger partial charge in [0.25, 0.3) is 5.91 Å². The molecule has 1 fully saturated rings. The van der Waals surface area contributed by atoms with Gasteiger partial charge in [-0.2, -0.15) is 0 Å². The van der Waals surface area contributed by atoms with Crippen LogP contribution in [0.15, 0.2) is 59.5 Å². The fraction of sp³-hybridized carbons (Fsp3) is 0.560. The molecule has 0 aromatic heterocycles. The maximum atomic E-state index is 12.9. The average Bonchev–Trinajstić information content (AvgIpc) is 3.19. The summed E-state index contributed by atoms with van der Waals surface area (Å²) in [5, 5.41) is 0. The van der Waals surface area contributed by atoms with Crippen LogP contribution in [0.1, 0.15) is 66.7 Å². The van der Waals surface area contributed by atoms with E-state index in [0.717, 1.165) is 38.0 Å². The summed E-state index contributed by atoms with van der Waals surface area (Å²) in [6.07, 6.45) is 20.3. The molecule has 1 unspecified atom stereocenters. The second kappa shape index (κ2) is 14.0. The second-order valence-electron chi connectivity index (χ2n) is 7.45. The lowest BCUT2D eigenvalue weighted by atomic mass is 10.1. The molecule has 0 aromatic rings. The molecule has 2 aliphatic rings. The molecule has 0 spiro atoms. The fourth-order valence-electron chi connectivity index (χ4n) is 3.69. The summed E-state index contributed by atoms with van der Waals surface area (Å²) in [5.41, 5.74) is 8.70. The minimum Gasteiger partial charge on any atom is -0.354 e. The van der Waals surface area contributed by atoms with Gasteiger partial charge < -0.3 is 15.5 Å². The first kappa shape index (κ1) is 25.0. The molecular weight excluding hydrogens is 358 g/mol. The highest BCUT2D eigenvalue weighted by Gasteiger charge is 2.22. The van der Waals surface area contributed by atoms with Crippen molar-refractivity contribution in [2.75, 3.05) is 19.6 Å². The van der Waals surface area contributed by atoms with Crippen molar-refractivity contribution in [3.05, 3.63) is 59.5 Å². The van der Waals surface area contributed by atoms with Crippen LogP contribution in [0.3, 0.4) is 0 Å². The van der Waals surface area contributed by atoms with E-state index in [9.17, 15) is 4.79 Å². The number of carbonyl (C=O) groups is 1. The van der Waals surface area contributed by atoms with Crippen LogP contribution in [0.2, 0.25) is 0 Å². The summed E-state index contributed by atoms with van der Waals surface area (Å²) in [7, 11) is 0. The first-order valence-electron chi connectivity index (χ1n) is 11.2. The van der Waals surface area contributed by atoms with Crippen molar-refractivity contribution < 1.29 is 4.79 Å². The van der Waals surface area contributed by atoms with Crippen LogP contribution in [0.4, 0.5) is 0 Å². The molecule has 4 nitrogen and oxygen atoms in total. The van der Waals surface area contributed by atoms with Gasteiger partial charge in [-0.25, -0.2) is 0 Å². The molecule has 1 saturated carbocycles. The molecule has 1 aliphatic heterocycles. The minimum atomic E-state index is 0.168. The van der Waals surface area contributed by atoms with E-state index in [1.807, 2.05) is 18.0 Å². The Morgan fingerprint density at radius 3 is 2.59 bits per heavy atom. The molecule has 162 valence electrons. The number of nitrogens with zero attached hydrogens (tertiary/aromatic N) is 2. The van der Waals surface area contributed by atoms with E-state index in [1.54, 1.807) is 0 Å². The third-order valence-corrected chi connectivity index (χ3v) is 5.29. The van der Waals surface area contributed by atoms with E-state index in [2.05, 4.69) is 69.2 Å². The van der Waals surface area contributed by atoms with E-state index in [-0.39, 0.29) is 11.9 Å². The smallest absolute Gasteiger partial charge is 0.251 e. The summed E-state index contributed by atoms with van der Waals surface area (Å²) in [6, 6.07) is 0.203. The van der Waals surface area contributed by atoms with Gasteiger partial charge in [-0.1, -0.05) is 37.3 Å². The van der Waals surface area contributed by atoms with Crippen LogP contribution < -0.4 is 5.73 Å². The Balaban J connectivity index is 0.00000132. The largest absolute Gasteiger partial charge is 0.354 e. The number of rotatable bonds is 7. The molecule has 29 heavy (non-hydrogen) atoms. The summed E-state index contributed by atoms with van der Waals surface area (Å²) in [5.74, 6) is 0.168. The van der Waals surface area contributed by atoms with Crippen molar-refractivity contribution in [1.29, 1.82) is 0 Å². The Hall–Kier alpha value is -2.07. The summed E-state index contributed by atoms with van der Waals surface area (Å²) in [6.45, 7) is 12.7. The van der Waals surface area contributed by atoms with Gasteiger partial charge in [0.2, 0.25) is 0 Å². The SMILES string of the molecule is C/C=C1/CCC/C1=C/C=C/CC(C)N(CC)C(=O)C1=CN(CC)C=CC1.CCN. The predicted molar refractivity (Wildman–Crippen MR) is 125 cm³/mol. The molecule has 1 heterocycles. The van der Waals surface area contributed by atoms with E-state index < -0.39 is 0 Å². The van der Waals surface area contributed by atoms with Crippen LogP contribution in [-0.4, -0.2) is 41.4 Å². The fourth-order valence-corrected chi connectivity index (χ4v) is 3.69. The van der Waals surface area contributed by atoms with Crippen molar-refractivity contribution in [3.63, 3.8) is 0 Å². The highest BCUT2D eigenvalue weighted by atomic mass is 16.2. The van der Waals surface area contributed by atoms with Crippen LogP contribution in [-0.2, 0) is 4.79 Å². The number of hydrogen-bond donors (Lipinski definition) is 1. The third-order valence-electron chi connectivity index (χ3n) is 5.29. The van der Waals surface area contributed by atoms with Gasteiger partial charge in [0, 0.05) is 30.9 Å². The standard InChI is InChI=1S/C23H34N2O.C2H7N/c1-5-20-14-10-15-21(20)13-9-8-12-19(4)25(7-3)23(26)22-16-11-17-24(6-2)18-22;1-2-3/h5,8-9,11,13,17-19H,6-7,10,12,14-16H2,1-4H3;2-3H2,1H3/b9-8+,20-5-,21-13-;. The Morgan fingerprint density at radius 1 is 1.28 bits per heavy atom. The molecule has 0 bridgehead atoms. The quantitative estimate of drug-likeness (QED) is 0.631. The number of allylic oxidation sites excluding steroid dienone is 6. The summed E-state index contributed by atoms with van der Waals surface area (Å²) in [4.78, 5) is 17.0. The zero-order valence-electron chi connectivity index (χ0n) is 19.2. The van der Waals surface area contributed by atoms with E-state index in [0.29, 0.717) is 0 Å². The normalized spacial score (nSPS) is 20.1. The zero-order chi connectivity index (χ0) is 21.6. The molecule has 0 radical (unpaired) electrons. The van der Waals surface area contributed by atoms with Gasteiger partial charge in [0.1, 0.15) is 0 Å².